The number of ketones is 1. The third-order valence-corrected chi connectivity index (χ3v) is 5.44. The lowest BCUT2D eigenvalue weighted by Gasteiger charge is -2.36. The first-order chi connectivity index (χ1) is 12.9. The number of nitrogens with one attached hydrogen (secondary N) is 1. The number of nitro groups is 1. The number of nitro benzene ring substituents is 1. The van der Waals surface area contributed by atoms with Crippen molar-refractivity contribution in [2.24, 2.45) is 17.8 Å². The van der Waals surface area contributed by atoms with E-state index in [1.54, 1.807) is 13.0 Å². The average Bonchev–Trinajstić information content (AvgIpc) is 2.61. The zero-order valence-electron chi connectivity index (χ0n) is 15.1. The number of aryl methyl sites for hydroxylation is 1. The van der Waals surface area contributed by atoms with Gasteiger partial charge in [-0.3, -0.25) is 24.5 Å². The zero-order chi connectivity index (χ0) is 19.6. The number of hydrogen-bond acceptors (Lipinski definition) is 6. The highest BCUT2D eigenvalue weighted by molar-refractivity contribution is 5.96. The van der Waals surface area contributed by atoms with Crippen molar-refractivity contribution in [3.8, 4) is 0 Å². The van der Waals surface area contributed by atoms with Gasteiger partial charge in [-0.25, -0.2) is 0 Å². The smallest absolute Gasteiger partial charge is 0.309 e. The van der Waals surface area contributed by atoms with Crippen molar-refractivity contribution >= 4 is 29.0 Å². The summed E-state index contributed by atoms with van der Waals surface area (Å²) in [6.45, 7) is 1.14. The van der Waals surface area contributed by atoms with Crippen LogP contribution in [0.2, 0.25) is 0 Å². The highest BCUT2D eigenvalue weighted by atomic mass is 16.6. The summed E-state index contributed by atoms with van der Waals surface area (Å²) in [7, 11) is 0. The number of benzene rings is 1. The fraction of sp³-hybridized carbons (Fsp3) is 0.526. The normalized spacial score (nSPS) is 24.2. The highest BCUT2D eigenvalue weighted by Gasteiger charge is 2.41. The Kier molecular flexibility index (Phi) is 5.53. The van der Waals surface area contributed by atoms with Crippen LogP contribution in [0.5, 0.6) is 0 Å². The standard InChI is InChI=1S/C19H22N2O6/c1-11-4-2-7-15(21(25)26)17(11)20-16(22)10-27-19(24)14-8-12-5-3-6-13(9-14)18(12)23/h2,4,7,12-14H,3,5-6,8-10H2,1H3,(H,20,22)/t12-,13-/m0/s1. The van der Waals surface area contributed by atoms with Gasteiger partial charge in [0.2, 0.25) is 0 Å². The molecule has 0 aromatic heterocycles. The highest BCUT2D eigenvalue weighted by Crippen LogP contribution is 2.40. The molecule has 2 fully saturated rings. The Labute approximate surface area is 156 Å². The van der Waals surface area contributed by atoms with Crippen LogP contribution in [0.25, 0.3) is 0 Å². The second-order valence-electron chi connectivity index (χ2n) is 7.28. The first kappa shape index (κ1) is 19.0. The Morgan fingerprint density at radius 1 is 1.26 bits per heavy atom. The van der Waals surface area contributed by atoms with E-state index in [0.717, 1.165) is 19.3 Å². The van der Waals surface area contributed by atoms with Crippen LogP contribution in [-0.4, -0.2) is 29.2 Å². The summed E-state index contributed by atoms with van der Waals surface area (Å²) in [5.41, 5.74) is 0.428. The molecule has 2 bridgehead atoms. The van der Waals surface area contributed by atoms with Gasteiger partial charge in [0.15, 0.2) is 6.61 Å². The van der Waals surface area contributed by atoms with Gasteiger partial charge < -0.3 is 10.1 Å². The number of rotatable bonds is 5. The van der Waals surface area contributed by atoms with Crippen LogP contribution in [0, 0.1) is 34.8 Å². The predicted octanol–water partition coefficient (Wildman–Crippen LogP) is 2.78. The molecule has 0 saturated heterocycles. The van der Waals surface area contributed by atoms with Crippen molar-refractivity contribution in [2.75, 3.05) is 11.9 Å². The summed E-state index contributed by atoms with van der Waals surface area (Å²) in [5.74, 6) is -1.35. The quantitative estimate of drug-likeness (QED) is 0.481. The summed E-state index contributed by atoms with van der Waals surface area (Å²) < 4.78 is 5.12. The maximum absolute atomic E-state index is 12.3. The lowest BCUT2D eigenvalue weighted by molar-refractivity contribution is -0.384. The lowest BCUT2D eigenvalue weighted by atomic mass is 9.67. The van der Waals surface area contributed by atoms with Crippen LogP contribution in [0.1, 0.15) is 37.7 Å². The molecule has 0 unspecified atom stereocenters. The SMILES string of the molecule is Cc1cccc([N+](=O)[O-])c1NC(=O)COC(=O)C1C[C@@H]2CCC[C@@H](C1)C2=O. The number of amides is 1. The van der Waals surface area contributed by atoms with E-state index in [0.29, 0.717) is 18.4 Å². The minimum atomic E-state index is -0.632. The summed E-state index contributed by atoms with van der Waals surface area (Å²) >= 11 is 0. The van der Waals surface area contributed by atoms with E-state index in [2.05, 4.69) is 5.32 Å². The summed E-state index contributed by atoms with van der Waals surface area (Å²) in [5, 5.41) is 13.5. The number of nitrogens with zero attached hydrogens (tertiary/aromatic N) is 1. The van der Waals surface area contributed by atoms with E-state index < -0.39 is 23.4 Å². The van der Waals surface area contributed by atoms with Crippen molar-refractivity contribution in [1.29, 1.82) is 0 Å². The second-order valence-corrected chi connectivity index (χ2v) is 7.28. The zero-order valence-corrected chi connectivity index (χ0v) is 15.1. The topological polar surface area (TPSA) is 116 Å². The largest absolute Gasteiger partial charge is 0.455 e. The van der Waals surface area contributed by atoms with Crippen molar-refractivity contribution < 1.29 is 24.0 Å². The van der Waals surface area contributed by atoms with Crippen LogP contribution in [0.15, 0.2) is 18.2 Å². The van der Waals surface area contributed by atoms with Crippen molar-refractivity contribution in [3.05, 3.63) is 33.9 Å². The Morgan fingerprint density at radius 3 is 2.56 bits per heavy atom. The second kappa shape index (κ2) is 7.85. The van der Waals surface area contributed by atoms with Crippen LogP contribution in [0.3, 0.4) is 0 Å². The fourth-order valence-electron chi connectivity index (χ4n) is 4.07. The molecule has 0 spiro atoms. The molecule has 2 saturated carbocycles. The van der Waals surface area contributed by atoms with Gasteiger partial charge >= 0.3 is 5.97 Å². The number of para-hydroxylation sites is 1. The molecular formula is C19H22N2O6. The molecule has 0 radical (unpaired) electrons. The molecule has 3 rings (SSSR count). The number of carbonyl (C=O) groups excluding carboxylic acids is 3. The molecule has 8 heteroatoms. The lowest BCUT2D eigenvalue weighted by Crippen LogP contribution is -2.40. The van der Waals surface area contributed by atoms with E-state index in [1.165, 1.54) is 12.1 Å². The van der Waals surface area contributed by atoms with E-state index in [4.69, 9.17) is 4.74 Å². The number of Topliss-reactive ketones (excluding diaryl/α,β-unsaturated/α-hetero) is 1. The number of carbonyl (C=O) groups is 3. The van der Waals surface area contributed by atoms with Gasteiger partial charge in [-0.2, -0.15) is 0 Å². The fourth-order valence-corrected chi connectivity index (χ4v) is 4.07. The van der Waals surface area contributed by atoms with E-state index in [1.807, 2.05) is 0 Å². The minimum Gasteiger partial charge on any atom is -0.455 e. The van der Waals surface area contributed by atoms with Gasteiger partial charge in [-0.05, 0) is 38.2 Å². The number of ether oxygens (including phenoxy) is 1. The summed E-state index contributed by atoms with van der Waals surface area (Å²) in [6.07, 6.45) is 3.62. The summed E-state index contributed by atoms with van der Waals surface area (Å²) in [4.78, 5) is 47.0. The third-order valence-electron chi connectivity index (χ3n) is 5.44. The van der Waals surface area contributed by atoms with Gasteiger partial charge in [0, 0.05) is 17.9 Å². The van der Waals surface area contributed by atoms with E-state index >= 15 is 0 Å². The molecule has 2 atom stereocenters. The third kappa shape index (κ3) is 4.15. The maximum Gasteiger partial charge on any atom is 0.309 e. The van der Waals surface area contributed by atoms with Crippen LogP contribution in [0.4, 0.5) is 11.4 Å². The Hall–Kier alpha value is -2.77. The molecule has 0 heterocycles. The van der Waals surface area contributed by atoms with Gasteiger partial charge in [0.25, 0.3) is 11.6 Å². The number of fused-ring (bicyclic) bond motifs is 2. The number of anilines is 1. The van der Waals surface area contributed by atoms with Crippen molar-refractivity contribution in [2.45, 2.75) is 39.0 Å². The van der Waals surface area contributed by atoms with Crippen LogP contribution < -0.4 is 5.32 Å². The first-order valence-corrected chi connectivity index (χ1v) is 9.11. The monoisotopic (exact) mass is 374 g/mol. The molecule has 2 aliphatic carbocycles. The Bertz CT molecular complexity index is 774. The van der Waals surface area contributed by atoms with Crippen molar-refractivity contribution in [3.63, 3.8) is 0 Å². The van der Waals surface area contributed by atoms with Gasteiger partial charge in [-0.15, -0.1) is 0 Å². The molecule has 8 nitrogen and oxygen atoms in total. The molecule has 1 amide bonds. The Balaban J connectivity index is 1.56. The summed E-state index contributed by atoms with van der Waals surface area (Å²) in [6, 6.07) is 4.48. The molecule has 0 aliphatic heterocycles. The van der Waals surface area contributed by atoms with E-state index in [-0.39, 0.29) is 34.9 Å². The Morgan fingerprint density at radius 2 is 1.93 bits per heavy atom. The maximum atomic E-state index is 12.3. The minimum absolute atomic E-state index is 0.0708. The van der Waals surface area contributed by atoms with Gasteiger partial charge in [-0.1, -0.05) is 18.6 Å². The first-order valence-electron chi connectivity index (χ1n) is 9.11. The van der Waals surface area contributed by atoms with Crippen LogP contribution in [-0.2, 0) is 19.1 Å². The molecule has 144 valence electrons. The molecule has 2 aliphatic rings. The number of esters is 1. The van der Waals surface area contributed by atoms with Gasteiger partial charge in [0.05, 0.1) is 10.8 Å². The molecule has 27 heavy (non-hydrogen) atoms. The van der Waals surface area contributed by atoms with Gasteiger partial charge in [0.1, 0.15) is 11.5 Å². The molecule has 1 aromatic carbocycles. The van der Waals surface area contributed by atoms with Crippen LogP contribution >= 0.6 is 0 Å². The number of hydrogen-bond donors (Lipinski definition) is 1. The molecular weight excluding hydrogens is 352 g/mol. The molecule has 1 N–H and O–H groups in total. The average molecular weight is 374 g/mol. The van der Waals surface area contributed by atoms with Crippen molar-refractivity contribution in [1.82, 2.24) is 0 Å². The predicted molar refractivity (Wildman–Crippen MR) is 96.0 cm³/mol. The molecule has 1 aromatic rings. The van der Waals surface area contributed by atoms with E-state index in [9.17, 15) is 24.5 Å².